The number of allylic oxidation sites excluding steroid dienone is 2. The van der Waals surface area contributed by atoms with Crippen LogP contribution in [0, 0.1) is 0 Å². The average Bonchev–Trinajstić information content (AvgIpc) is 2.35. The number of hydrogen-bond acceptors (Lipinski definition) is 3. The van der Waals surface area contributed by atoms with Gasteiger partial charge < -0.3 is 10.2 Å². The van der Waals surface area contributed by atoms with Gasteiger partial charge in [-0.2, -0.15) is 0 Å². The third-order valence-corrected chi connectivity index (χ3v) is 4.36. The fourth-order valence-corrected chi connectivity index (χ4v) is 3.38. The van der Waals surface area contributed by atoms with Crippen LogP contribution in [0.25, 0.3) is 0 Å². The van der Waals surface area contributed by atoms with Gasteiger partial charge in [0.05, 0.1) is 17.4 Å². The van der Waals surface area contributed by atoms with Crippen molar-refractivity contribution < 1.29 is 0 Å². The van der Waals surface area contributed by atoms with Crippen LogP contribution in [-0.2, 0) is 0 Å². The number of fused-ring (bicyclic) bond motifs is 2. The standard InChI is InChI=1S/C14H16N2S.Na.H/c1-16(2)11-7-5-9-13-14(11)15-10-6-3-4-8-12(10)17-13;;/h3-5,7-10,15H,6H2,1-2H3;;. The third-order valence-electron chi connectivity index (χ3n) is 3.14. The van der Waals surface area contributed by atoms with Crippen molar-refractivity contribution in [3.05, 3.63) is 41.3 Å². The van der Waals surface area contributed by atoms with E-state index in [1.54, 1.807) is 0 Å². The van der Waals surface area contributed by atoms with E-state index in [4.69, 9.17) is 0 Å². The quantitative estimate of drug-likeness (QED) is 0.789. The molecule has 1 aliphatic heterocycles. The van der Waals surface area contributed by atoms with Gasteiger partial charge >= 0.3 is 29.6 Å². The average molecular weight is 268 g/mol. The molecule has 1 unspecified atom stereocenters. The van der Waals surface area contributed by atoms with Crippen molar-refractivity contribution in [1.82, 2.24) is 0 Å². The van der Waals surface area contributed by atoms with E-state index < -0.39 is 0 Å². The van der Waals surface area contributed by atoms with Crippen LogP contribution in [0.2, 0.25) is 0 Å². The number of hydrogen-bond donors (Lipinski definition) is 1. The van der Waals surface area contributed by atoms with Crippen molar-refractivity contribution in [3.63, 3.8) is 0 Å². The zero-order chi connectivity index (χ0) is 11.8. The second-order valence-corrected chi connectivity index (χ2v) is 5.69. The molecule has 0 aromatic heterocycles. The van der Waals surface area contributed by atoms with Gasteiger partial charge in [0.1, 0.15) is 0 Å². The Labute approximate surface area is 135 Å². The minimum atomic E-state index is 0. The Bertz CT molecular complexity index is 509. The molecule has 2 aliphatic rings. The fraction of sp³-hybridized carbons (Fsp3) is 0.286. The van der Waals surface area contributed by atoms with Crippen LogP contribution in [0.4, 0.5) is 11.4 Å². The molecule has 1 N–H and O–H groups in total. The molecule has 1 atom stereocenters. The second kappa shape index (κ2) is 5.74. The fourth-order valence-electron chi connectivity index (χ4n) is 2.27. The maximum atomic E-state index is 3.67. The van der Waals surface area contributed by atoms with Crippen LogP contribution in [-0.4, -0.2) is 49.7 Å². The number of para-hydroxylation sites is 1. The first kappa shape index (κ1) is 14.1. The van der Waals surface area contributed by atoms with Crippen LogP contribution in [0.5, 0.6) is 0 Å². The van der Waals surface area contributed by atoms with Crippen LogP contribution >= 0.6 is 11.8 Å². The molecule has 1 aromatic carbocycles. The molecule has 1 aromatic rings. The predicted octanol–water partition coefficient (Wildman–Crippen LogP) is 2.83. The van der Waals surface area contributed by atoms with E-state index in [9.17, 15) is 0 Å². The number of thioether (sulfide) groups is 1. The van der Waals surface area contributed by atoms with Crippen LogP contribution in [0.3, 0.4) is 0 Å². The maximum absolute atomic E-state index is 3.67. The summed E-state index contributed by atoms with van der Waals surface area (Å²) in [6.07, 6.45) is 7.68. The van der Waals surface area contributed by atoms with Crippen LogP contribution in [0.1, 0.15) is 6.42 Å². The van der Waals surface area contributed by atoms with Gasteiger partial charge in [-0.1, -0.05) is 36.1 Å². The zero-order valence-corrected chi connectivity index (χ0v) is 10.9. The zero-order valence-electron chi connectivity index (χ0n) is 10.1. The van der Waals surface area contributed by atoms with E-state index in [1.807, 2.05) is 11.8 Å². The molecule has 0 saturated heterocycles. The number of nitrogens with zero attached hydrogens (tertiary/aromatic N) is 1. The summed E-state index contributed by atoms with van der Waals surface area (Å²) in [6, 6.07) is 6.94. The predicted molar refractivity (Wildman–Crippen MR) is 83.0 cm³/mol. The van der Waals surface area contributed by atoms with Gasteiger partial charge in [-0.15, -0.1) is 0 Å². The molecule has 0 fully saturated rings. The summed E-state index contributed by atoms with van der Waals surface area (Å²) in [4.78, 5) is 4.92. The Morgan fingerprint density at radius 2 is 2.17 bits per heavy atom. The molecule has 0 bridgehead atoms. The summed E-state index contributed by atoms with van der Waals surface area (Å²) >= 11 is 1.89. The molecule has 0 spiro atoms. The molecule has 1 heterocycles. The molecule has 1 aliphatic carbocycles. The Morgan fingerprint density at radius 3 is 2.94 bits per heavy atom. The van der Waals surface area contributed by atoms with Gasteiger partial charge in [-0.05, 0) is 18.6 Å². The van der Waals surface area contributed by atoms with E-state index in [0.717, 1.165) is 6.42 Å². The first-order valence-corrected chi connectivity index (χ1v) is 6.69. The summed E-state index contributed by atoms with van der Waals surface area (Å²) in [7, 11) is 4.18. The van der Waals surface area contributed by atoms with Gasteiger partial charge in [-0.3, -0.25) is 0 Å². The molecule has 90 valence electrons. The molecule has 3 rings (SSSR count). The van der Waals surface area contributed by atoms with E-state index in [2.05, 4.69) is 60.7 Å². The summed E-state index contributed by atoms with van der Waals surface area (Å²) in [5.41, 5.74) is 2.54. The van der Waals surface area contributed by atoms with Crippen LogP contribution in [0.15, 0.2) is 46.2 Å². The molecule has 0 radical (unpaired) electrons. The van der Waals surface area contributed by atoms with E-state index in [1.165, 1.54) is 21.2 Å². The summed E-state index contributed by atoms with van der Waals surface area (Å²) < 4.78 is 0. The van der Waals surface area contributed by atoms with Crippen LogP contribution < -0.4 is 10.2 Å². The normalized spacial score (nSPS) is 19.9. The first-order chi connectivity index (χ1) is 8.25. The molecule has 2 nitrogen and oxygen atoms in total. The van der Waals surface area contributed by atoms with Gasteiger partial charge in [0, 0.05) is 23.9 Å². The topological polar surface area (TPSA) is 15.3 Å². The van der Waals surface area contributed by atoms with Gasteiger partial charge in [0.2, 0.25) is 0 Å². The molecule has 0 saturated carbocycles. The number of benzene rings is 1. The first-order valence-electron chi connectivity index (χ1n) is 5.87. The van der Waals surface area contributed by atoms with Crippen molar-refractivity contribution in [2.45, 2.75) is 17.4 Å². The van der Waals surface area contributed by atoms with Gasteiger partial charge in [0.25, 0.3) is 0 Å². The monoisotopic (exact) mass is 268 g/mol. The molecule has 0 amide bonds. The van der Waals surface area contributed by atoms with Crippen molar-refractivity contribution in [2.24, 2.45) is 0 Å². The van der Waals surface area contributed by atoms with E-state index in [0.29, 0.717) is 6.04 Å². The molecule has 18 heavy (non-hydrogen) atoms. The number of anilines is 2. The van der Waals surface area contributed by atoms with Crippen molar-refractivity contribution in [1.29, 1.82) is 0 Å². The second-order valence-electron chi connectivity index (χ2n) is 4.58. The Morgan fingerprint density at radius 1 is 1.33 bits per heavy atom. The SMILES string of the molecule is CN(C)c1cccc2c1NC1CC=CC=C1S2.[NaH]. The van der Waals surface area contributed by atoms with Crippen molar-refractivity contribution >= 4 is 52.7 Å². The summed E-state index contributed by atoms with van der Waals surface area (Å²) in [5, 5.41) is 3.67. The summed E-state index contributed by atoms with van der Waals surface area (Å²) in [5.74, 6) is 0. The third kappa shape index (κ3) is 2.50. The van der Waals surface area contributed by atoms with E-state index >= 15 is 0 Å². The summed E-state index contributed by atoms with van der Waals surface area (Å²) in [6.45, 7) is 0. The van der Waals surface area contributed by atoms with Gasteiger partial charge in [-0.25, -0.2) is 0 Å². The van der Waals surface area contributed by atoms with E-state index in [-0.39, 0.29) is 29.6 Å². The Hall–Kier alpha value is -0.350. The van der Waals surface area contributed by atoms with Gasteiger partial charge in [0.15, 0.2) is 0 Å². The molecular weight excluding hydrogens is 251 g/mol. The molecular formula is C14H17N2NaS. The van der Waals surface area contributed by atoms with Crippen molar-refractivity contribution in [3.8, 4) is 0 Å². The van der Waals surface area contributed by atoms with Crippen molar-refractivity contribution in [2.75, 3.05) is 24.3 Å². The number of rotatable bonds is 1. The Kier molecular flexibility index (Phi) is 4.49. The Balaban J connectivity index is 0.00000120. The number of nitrogens with one attached hydrogen (secondary N) is 1. The molecule has 4 heteroatoms. The minimum absolute atomic E-state index is 0.